The molecule has 2 aromatic rings. The summed E-state index contributed by atoms with van der Waals surface area (Å²) in [6.07, 6.45) is -6.05. The smallest absolute Gasteiger partial charge is 0.332 e. The highest BCUT2D eigenvalue weighted by molar-refractivity contribution is 5.06. The van der Waals surface area contributed by atoms with E-state index in [0.29, 0.717) is 4.57 Å². The molecule has 0 radical (unpaired) electrons. The van der Waals surface area contributed by atoms with Gasteiger partial charge in [-0.1, -0.05) is 0 Å². The molecule has 2 aromatic heterocycles. The number of hydrogen-bond donors (Lipinski definition) is 10. The Kier molecular flexibility index (Phi) is 8.29. The van der Waals surface area contributed by atoms with E-state index in [4.69, 9.17) is 19.7 Å². The first-order valence-corrected chi connectivity index (χ1v) is 10.6. The van der Waals surface area contributed by atoms with Crippen molar-refractivity contribution in [1.29, 1.82) is 0 Å². The zero-order chi connectivity index (χ0) is 27.7. The quantitative estimate of drug-likeness (QED) is 0.170. The average Bonchev–Trinajstić information content (AvgIpc) is 3.25. The van der Waals surface area contributed by atoms with Crippen LogP contribution in [0.3, 0.4) is 0 Å². The largest absolute Gasteiger partial charge is 0.394 e. The average molecular weight is 534 g/mol. The molecule has 4 heterocycles. The second kappa shape index (κ2) is 10.8. The monoisotopic (exact) mass is 534 g/mol. The summed E-state index contributed by atoms with van der Waals surface area (Å²) in [5, 5.41) is 76.7. The van der Waals surface area contributed by atoms with Crippen LogP contribution in [0.1, 0.15) is 6.23 Å². The van der Waals surface area contributed by atoms with E-state index in [2.05, 4.69) is 0 Å². The van der Waals surface area contributed by atoms with Crippen LogP contribution >= 0.6 is 0 Å². The predicted octanol–water partition coefficient (Wildman–Crippen LogP) is -7.24. The number of H-pyrrole nitrogens is 2. The lowest BCUT2D eigenvalue weighted by Crippen LogP contribution is -2.62. The summed E-state index contributed by atoms with van der Waals surface area (Å²) in [5.74, 6) is -2.85. The van der Waals surface area contributed by atoms with Gasteiger partial charge in [-0.05, 0) is 0 Å². The summed E-state index contributed by atoms with van der Waals surface area (Å²) < 4.78 is 11.4. The molecule has 0 aromatic carbocycles. The van der Waals surface area contributed by atoms with E-state index in [1.165, 1.54) is 0 Å². The van der Waals surface area contributed by atoms with Gasteiger partial charge >= 0.3 is 11.4 Å². The number of hydrogen-bond acceptors (Lipinski definition) is 14. The topological polar surface area (TPSA) is 290 Å². The van der Waals surface area contributed by atoms with Gasteiger partial charge in [-0.25, -0.2) is 14.2 Å². The zero-order valence-corrected chi connectivity index (χ0v) is 18.8. The Morgan fingerprint density at radius 3 is 1.89 bits per heavy atom. The van der Waals surface area contributed by atoms with Gasteiger partial charge in [0.05, 0.1) is 19.8 Å². The lowest BCUT2D eigenvalue weighted by atomic mass is 9.93. The van der Waals surface area contributed by atoms with Crippen molar-refractivity contribution in [3.63, 3.8) is 0 Å². The lowest BCUT2D eigenvalue weighted by molar-refractivity contribution is -0.332. The Morgan fingerprint density at radius 1 is 0.838 bits per heavy atom. The molecule has 0 spiro atoms. The van der Waals surface area contributed by atoms with Gasteiger partial charge in [-0.3, -0.25) is 24.1 Å². The fraction of sp³-hybridized carbons (Fsp3) is 0.579. The van der Waals surface area contributed by atoms with Crippen molar-refractivity contribution in [2.75, 3.05) is 19.8 Å². The summed E-state index contributed by atoms with van der Waals surface area (Å²) in [6.45, 7) is -2.41. The minimum atomic E-state index is -2.85. The third-order valence-corrected chi connectivity index (χ3v) is 5.94. The Labute approximate surface area is 204 Å². The second-order valence-electron chi connectivity index (χ2n) is 8.20. The van der Waals surface area contributed by atoms with Crippen LogP contribution in [0.5, 0.6) is 0 Å². The van der Waals surface area contributed by atoms with Gasteiger partial charge in [0.1, 0.15) is 30.5 Å². The molecule has 0 saturated carbocycles. The van der Waals surface area contributed by atoms with Crippen molar-refractivity contribution < 1.29 is 50.3 Å². The molecule has 0 amide bonds. The first-order chi connectivity index (χ1) is 17.3. The SMILES string of the molecule is O=c1ccn([C@@H]2O[C@H](CO)[C@@H](O)[C@H]2O)c(=O)[nH]1.O=c1ccn([C@]2(O)O[C@H](CO)[C@@H](O)[C@]2(O)CO)c(=O)[nH]1. The fourth-order valence-corrected chi connectivity index (χ4v) is 3.87. The summed E-state index contributed by atoms with van der Waals surface area (Å²) >= 11 is 0. The molecule has 8 atom stereocenters. The summed E-state index contributed by atoms with van der Waals surface area (Å²) in [5.41, 5.74) is -5.87. The van der Waals surface area contributed by atoms with Crippen molar-refractivity contribution >= 4 is 0 Å². The lowest BCUT2D eigenvalue weighted by Gasteiger charge is -2.36. The minimum Gasteiger partial charge on any atom is -0.394 e. The molecule has 18 heteroatoms. The normalized spacial score (nSPS) is 35.2. The number of aromatic amines is 2. The van der Waals surface area contributed by atoms with Gasteiger partial charge < -0.3 is 50.3 Å². The molecule has 37 heavy (non-hydrogen) atoms. The van der Waals surface area contributed by atoms with E-state index in [9.17, 15) is 49.8 Å². The number of aliphatic hydroxyl groups is 8. The Balaban J connectivity index is 0.000000208. The van der Waals surface area contributed by atoms with Crippen molar-refractivity contribution in [3.05, 3.63) is 66.2 Å². The van der Waals surface area contributed by atoms with Gasteiger partial charge in [0.15, 0.2) is 11.8 Å². The van der Waals surface area contributed by atoms with Crippen molar-refractivity contribution in [3.8, 4) is 0 Å². The molecule has 10 N–H and O–H groups in total. The summed E-state index contributed by atoms with van der Waals surface area (Å²) in [7, 11) is 0. The van der Waals surface area contributed by atoms with Gasteiger partial charge in [-0.15, -0.1) is 0 Å². The molecular weight excluding hydrogens is 508 g/mol. The molecule has 2 saturated heterocycles. The van der Waals surface area contributed by atoms with Crippen molar-refractivity contribution in [2.24, 2.45) is 0 Å². The van der Waals surface area contributed by atoms with Crippen LogP contribution in [0, 0.1) is 0 Å². The molecule has 0 bridgehead atoms. The van der Waals surface area contributed by atoms with Crippen LogP contribution in [0.15, 0.2) is 43.7 Å². The molecule has 2 aliphatic rings. The van der Waals surface area contributed by atoms with Gasteiger partial charge in [0.25, 0.3) is 17.0 Å². The third kappa shape index (κ3) is 4.94. The Hall–Kier alpha value is -3.04. The van der Waals surface area contributed by atoms with E-state index >= 15 is 0 Å². The highest BCUT2D eigenvalue weighted by atomic mass is 16.7. The van der Waals surface area contributed by atoms with E-state index in [1.807, 2.05) is 9.97 Å². The maximum absolute atomic E-state index is 11.7. The van der Waals surface area contributed by atoms with Crippen LogP contribution < -0.4 is 22.5 Å². The van der Waals surface area contributed by atoms with Gasteiger partial charge in [-0.2, -0.15) is 0 Å². The Morgan fingerprint density at radius 2 is 1.41 bits per heavy atom. The number of aliphatic hydroxyl groups excluding tert-OH is 6. The molecule has 18 nitrogen and oxygen atoms in total. The second-order valence-corrected chi connectivity index (χ2v) is 8.20. The molecule has 0 aliphatic carbocycles. The number of nitrogens with zero attached hydrogens (tertiary/aromatic N) is 2. The third-order valence-electron chi connectivity index (χ3n) is 5.94. The standard InChI is InChI=1S/C10H14N2O8.C9H12N2O6/c13-3-5-7(16)9(18,4-14)10(19,20-5)12-2-1-6(15)11-8(12)17;12-3-4-6(14)7(15)8(17-4)11-2-1-5(13)10-9(11)16/h1-2,5,7,13-14,16,18-19H,3-4H2,(H,11,15,17);1-2,4,6-8,12,14-15H,3H2,(H,10,13,16)/t5-,7-,9-,10-;4-,6-,7-,8-/m11/s1. The van der Waals surface area contributed by atoms with Crippen LogP contribution in [0.2, 0.25) is 0 Å². The van der Waals surface area contributed by atoms with Gasteiger partial charge in [0.2, 0.25) is 0 Å². The predicted molar refractivity (Wildman–Crippen MR) is 116 cm³/mol. The molecule has 2 fully saturated rings. The first-order valence-electron chi connectivity index (χ1n) is 10.6. The van der Waals surface area contributed by atoms with Crippen LogP contribution in [-0.2, 0) is 15.4 Å². The highest BCUT2D eigenvalue weighted by Gasteiger charge is 2.66. The van der Waals surface area contributed by atoms with E-state index in [1.54, 1.807) is 0 Å². The number of rotatable bonds is 5. The van der Waals surface area contributed by atoms with Crippen LogP contribution in [0.25, 0.3) is 0 Å². The molecular formula is C19H26N4O14. The number of nitrogens with one attached hydrogen (secondary N) is 2. The zero-order valence-electron chi connectivity index (χ0n) is 18.8. The van der Waals surface area contributed by atoms with E-state index in [-0.39, 0.29) is 0 Å². The Bertz CT molecular complexity index is 1320. The molecule has 0 unspecified atom stereocenters. The molecule has 206 valence electrons. The molecule has 4 rings (SSSR count). The molecule has 2 aliphatic heterocycles. The first kappa shape index (κ1) is 28.5. The number of ether oxygens (including phenoxy) is 2. The van der Waals surface area contributed by atoms with Crippen LogP contribution in [-0.4, -0.2) is 116 Å². The van der Waals surface area contributed by atoms with Gasteiger partial charge in [0, 0.05) is 24.5 Å². The minimum absolute atomic E-state index is 0.406. The maximum atomic E-state index is 11.7. The van der Waals surface area contributed by atoms with E-state index < -0.39 is 90.6 Å². The summed E-state index contributed by atoms with van der Waals surface area (Å²) in [6, 6.07) is 1.97. The fourth-order valence-electron chi connectivity index (χ4n) is 3.87. The maximum Gasteiger partial charge on any atom is 0.332 e. The van der Waals surface area contributed by atoms with Crippen molar-refractivity contribution in [1.82, 2.24) is 19.1 Å². The highest BCUT2D eigenvalue weighted by Crippen LogP contribution is 2.40. The summed E-state index contributed by atoms with van der Waals surface area (Å²) in [4.78, 5) is 48.8. The van der Waals surface area contributed by atoms with Crippen molar-refractivity contribution in [2.45, 2.75) is 48.3 Å². The van der Waals surface area contributed by atoms with Crippen LogP contribution in [0.4, 0.5) is 0 Å². The number of aromatic nitrogens is 4. The van der Waals surface area contributed by atoms with E-state index in [0.717, 1.165) is 29.1 Å².